The van der Waals surface area contributed by atoms with E-state index in [0.29, 0.717) is 11.5 Å². The van der Waals surface area contributed by atoms with E-state index in [9.17, 15) is 0 Å². The maximum Gasteiger partial charge on any atom is 0.135 e. The van der Waals surface area contributed by atoms with E-state index < -0.39 is 0 Å². The molecule has 0 saturated carbocycles. The Kier molecular flexibility index (Phi) is 12.9. The van der Waals surface area contributed by atoms with Crippen molar-refractivity contribution < 1.29 is 25.8 Å². The van der Waals surface area contributed by atoms with Crippen LogP contribution in [-0.4, -0.2) is 9.55 Å². The van der Waals surface area contributed by atoms with Crippen LogP contribution in [0.3, 0.4) is 0 Å². The van der Waals surface area contributed by atoms with E-state index in [1.807, 2.05) is 24.4 Å². The Morgan fingerprint density at radius 1 is 0.438 bits per heavy atom. The van der Waals surface area contributed by atoms with Crippen LogP contribution in [0.25, 0.3) is 27.6 Å². The minimum Gasteiger partial charge on any atom is -0.509 e. The maximum atomic E-state index is 6.78. The molecule has 0 radical (unpaired) electrons. The van der Waals surface area contributed by atoms with Gasteiger partial charge in [-0.2, -0.15) is 12.1 Å². The monoisotopic (exact) mass is 1130 g/mol. The molecule has 368 valence electrons. The maximum absolute atomic E-state index is 6.78. The number of aromatic nitrogens is 2. The van der Waals surface area contributed by atoms with E-state index in [4.69, 9.17) is 9.72 Å². The van der Waals surface area contributed by atoms with Crippen LogP contribution in [0.4, 0.5) is 22.7 Å². The fraction of sp³-hybridized carbons (Fsp3) is 0.194. The molecular weight excluding hydrogens is 1070 g/mol. The van der Waals surface area contributed by atoms with Crippen LogP contribution in [0.5, 0.6) is 11.5 Å². The molecule has 0 spiro atoms. The molecule has 73 heavy (non-hydrogen) atoms. The van der Waals surface area contributed by atoms with Gasteiger partial charge in [0.1, 0.15) is 5.82 Å². The van der Waals surface area contributed by atoms with Gasteiger partial charge in [0.05, 0.1) is 0 Å². The molecule has 0 aliphatic carbocycles. The smallest absolute Gasteiger partial charge is 0.135 e. The molecular formula is C67H61N4OPt-3. The van der Waals surface area contributed by atoms with Crippen molar-refractivity contribution in [2.75, 3.05) is 9.80 Å². The summed E-state index contributed by atoms with van der Waals surface area (Å²) in [6, 6.07) is 77.0. The van der Waals surface area contributed by atoms with Gasteiger partial charge in [-0.3, -0.25) is 0 Å². The standard InChI is InChI=1S/C67H61N4O.Pt/c1-64(2,3)49-36-37-68-63(42-49)71-59-35-32-50(65(4,5)46-22-13-10-14-23-46)41-58(59)57-34-33-56(44-62(57)71)72-55-29-21-28-53(43-55)69-45-70(61-31-20-19-30-60(61)69)54-39-51(66(6,7)47-24-15-11-16-25-47)38-52(40-54)67(8,9)48-26-17-12-18-27-48;/h10-42,45H,1-9H3;/q-3;. The normalized spacial score (nSPS) is 13.1. The third-order valence-electron chi connectivity index (χ3n) is 15.2. The number of fused-ring (bicyclic) bond motifs is 4. The number of nitrogens with zero attached hydrogens (tertiary/aromatic N) is 4. The first-order valence-electron chi connectivity index (χ1n) is 25.1. The molecule has 8 aromatic carbocycles. The number of hydrogen-bond donors (Lipinski definition) is 0. The first-order chi connectivity index (χ1) is 34.6. The summed E-state index contributed by atoms with van der Waals surface area (Å²) in [4.78, 5) is 9.51. The first-order valence-corrected chi connectivity index (χ1v) is 25.1. The molecule has 0 atom stereocenters. The van der Waals surface area contributed by atoms with E-state index in [0.717, 1.165) is 50.4 Å². The van der Waals surface area contributed by atoms with Gasteiger partial charge in [0.2, 0.25) is 0 Å². The number of hydrogen-bond acceptors (Lipinski definition) is 4. The van der Waals surface area contributed by atoms with Crippen molar-refractivity contribution in [2.45, 2.75) is 84.0 Å². The summed E-state index contributed by atoms with van der Waals surface area (Å²) in [7, 11) is 0. The van der Waals surface area contributed by atoms with E-state index in [1.165, 1.54) is 38.9 Å². The third-order valence-corrected chi connectivity index (χ3v) is 15.2. The third kappa shape index (κ3) is 9.08. The molecule has 10 aromatic rings. The quantitative estimate of drug-likeness (QED) is 0.121. The zero-order valence-electron chi connectivity index (χ0n) is 43.1. The Morgan fingerprint density at radius 3 is 1.58 bits per heavy atom. The second-order valence-electron chi connectivity index (χ2n) is 21.9. The van der Waals surface area contributed by atoms with Crippen LogP contribution in [0.1, 0.15) is 101 Å². The molecule has 0 amide bonds. The van der Waals surface area contributed by atoms with Crippen molar-refractivity contribution in [3.05, 3.63) is 258 Å². The summed E-state index contributed by atoms with van der Waals surface area (Å²) in [5.41, 5.74) is 14.0. The zero-order chi connectivity index (χ0) is 50.0. The summed E-state index contributed by atoms with van der Waals surface area (Å²) in [6.07, 6.45) is 1.92. The number of para-hydroxylation sites is 2. The van der Waals surface area contributed by atoms with Crippen molar-refractivity contribution in [1.29, 1.82) is 0 Å². The molecule has 2 aromatic heterocycles. The van der Waals surface area contributed by atoms with Gasteiger partial charge in [-0.15, -0.1) is 48.1 Å². The number of pyridine rings is 1. The van der Waals surface area contributed by atoms with Gasteiger partial charge in [0.25, 0.3) is 0 Å². The zero-order valence-corrected chi connectivity index (χ0v) is 45.4. The molecule has 0 fully saturated rings. The molecule has 3 heterocycles. The molecule has 11 rings (SSSR count). The average molecular weight is 1130 g/mol. The van der Waals surface area contributed by atoms with Gasteiger partial charge in [-0.25, -0.2) is 4.98 Å². The average Bonchev–Trinajstić information content (AvgIpc) is 3.95. The number of anilines is 4. The fourth-order valence-corrected chi connectivity index (χ4v) is 10.4. The van der Waals surface area contributed by atoms with Crippen molar-refractivity contribution in [3.8, 4) is 17.3 Å². The Morgan fingerprint density at radius 2 is 0.986 bits per heavy atom. The second kappa shape index (κ2) is 19.0. The molecule has 0 saturated heterocycles. The number of ether oxygens (including phenoxy) is 1. The number of rotatable bonds is 11. The summed E-state index contributed by atoms with van der Waals surface area (Å²) in [5, 5.41) is 2.22. The molecule has 1 aliphatic heterocycles. The van der Waals surface area contributed by atoms with Crippen molar-refractivity contribution >= 4 is 44.6 Å². The SMILES string of the molecule is CC(C)(C)c1ccnc(-n2c3[c-]c(Oc4[c-]c(N5[CH-]N(c6cc(C(C)(C)c7ccccc7)cc(C(C)(C)c7ccccc7)c6)c6ccccc65)ccc4)ccc3c3cc(C(C)(C)c4ccccc4)ccc32)c1.[Pt]. The van der Waals surface area contributed by atoms with Crippen molar-refractivity contribution in [1.82, 2.24) is 9.55 Å². The van der Waals surface area contributed by atoms with Crippen LogP contribution in [0.15, 0.2) is 200 Å². The minimum atomic E-state index is -0.263. The van der Waals surface area contributed by atoms with E-state index in [2.05, 4.69) is 271 Å². The van der Waals surface area contributed by atoms with Crippen LogP contribution in [-0.2, 0) is 42.7 Å². The molecule has 0 unspecified atom stereocenters. The second-order valence-corrected chi connectivity index (χ2v) is 21.9. The van der Waals surface area contributed by atoms with Crippen LogP contribution in [0.2, 0.25) is 0 Å². The van der Waals surface area contributed by atoms with Crippen LogP contribution in [0, 0.1) is 18.8 Å². The van der Waals surface area contributed by atoms with Gasteiger partial charge in [-0.1, -0.05) is 189 Å². The predicted molar refractivity (Wildman–Crippen MR) is 299 cm³/mol. The van der Waals surface area contributed by atoms with E-state index in [1.54, 1.807) is 0 Å². The Balaban J connectivity index is 0.00000611. The van der Waals surface area contributed by atoms with Gasteiger partial charge in [0, 0.05) is 77.6 Å². The van der Waals surface area contributed by atoms with Gasteiger partial charge in [-0.05, 0) is 92.2 Å². The molecule has 6 heteroatoms. The van der Waals surface area contributed by atoms with Crippen LogP contribution >= 0.6 is 0 Å². The van der Waals surface area contributed by atoms with E-state index in [-0.39, 0.29) is 42.7 Å². The van der Waals surface area contributed by atoms with Crippen LogP contribution < -0.4 is 14.5 Å². The molecule has 5 nitrogen and oxygen atoms in total. The van der Waals surface area contributed by atoms with E-state index >= 15 is 0 Å². The molecule has 0 N–H and O–H groups in total. The Bertz CT molecular complexity index is 3540. The Hall–Kier alpha value is -7.20. The van der Waals surface area contributed by atoms with Gasteiger partial charge in [0.15, 0.2) is 0 Å². The largest absolute Gasteiger partial charge is 0.509 e. The minimum absolute atomic E-state index is 0. The summed E-state index contributed by atoms with van der Waals surface area (Å²) in [6.45, 7) is 22.8. The summed E-state index contributed by atoms with van der Waals surface area (Å²) >= 11 is 0. The molecule has 0 bridgehead atoms. The fourth-order valence-electron chi connectivity index (χ4n) is 10.4. The molecule has 1 aliphatic rings. The predicted octanol–water partition coefficient (Wildman–Crippen LogP) is 17.3. The summed E-state index contributed by atoms with van der Waals surface area (Å²) < 4.78 is 9.01. The van der Waals surface area contributed by atoms with Crippen molar-refractivity contribution in [3.63, 3.8) is 0 Å². The summed E-state index contributed by atoms with van der Waals surface area (Å²) in [5.74, 6) is 2.03. The van der Waals surface area contributed by atoms with Gasteiger partial charge >= 0.3 is 0 Å². The van der Waals surface area contributed by atoms with Gasteiger partial charge < -0.3 is 19.1 Å². The van der Waals surface area contributed by atoms with Crippen molar-refractivity contribution in [2.24, 2.45) is 0 Å². The number of benzene rings is 8. The Labute approximate surface area is 446 Å². The first kappa shape index (κ1) is 49.4. The topological polar surface area (TPSA) is 33.5 Å².